The topological polar surface area (TPSA) is 66.4 Å². The van der Waals surface area contributed by atoms with Crippen LogP contribution in [0, 0.1) is 5.92 Å². The molecular formula is C7H11NO3. The second-order valence-corrected chi connectivity index (χ2v) is 2.88. The van der Waals surface area contributed by atoms with Gasteiger partial charge in [0.05, 0.1) is 12.1 Å². The number of carbonyl (C=O) groups excluding carboxylic acids is 2. The molecule has 1 saturated heterocycles. The van der Waals surface area contributed by atoms with E-state index in [0.717, 1.165) is 0 Å². The van der Waals surface area contributed by atoms with E-state index in [1.165, 1.54) is 6.92 Å². The van der Waals surface area contributed by atoms with Crippen molar-refractivity contribution in [3.8, 4) is 0 Å². The van der Waals surface area contributed by atoms with E-state index >= 15 is 0 Å². The lowest BCUT2D eigenvalue weighted by atomic mass is 9.98. The van der Waals surface area contributed by atoms with Gasteiger partial charge < -0.3 is 10.4 Å². The van der Waals surface area contributed by atoms with Gasteiger partial charge in [0, 0.05) is 0 Å². The van der Waals surface area contributed by atoms with Gasteiger partial charge in [-0.1, -0.05) is 0 Å². The average molecular weight is 157 g/mol. The molecule has 3 unspecified atom stereocenters. The molecule has 0 spiro atoms. The number of aliphatic hydroxyl groups is 1. The average Bonchev–Trinajstić information content (AvgIpc) is 2.07. The van der Waals surface area contributed by atoms with Crippen LogP contribution in [0.15, 0.2) is 0 Å². The van der Waals surface area contributed by atoms with E-state index in [-0.39, 0.29) is 17.7 Å². The van der Waals surface area contributed by atoms with E-state index in [2.05, 4.69) is 5.32 Å². The van der Waals surface area contributed by atoms with Gasteiger partial charge in [0.2, 0.25) is 5.91 Å². The molecule has 1 heterocycles. The van der Waals surface area contributed by atoms with Crippen molar-refractivity contribution in [2.45, 2.75) is 26.0 Å². The van der Waals surface area contributed by atoms with Crippen LogP contribution in [0.2, 0.25) is 0 Å². The summed E-state index contributed by atoms with van der Waals surface area (Å²) in [5.41, 5.74) is 0. The Bertz CT molecular complexity index is 202. The summed E-state index contributed by atoms with van der Waals surface area (Å²) in [5, 5.41) is 11.8. The fraction of sp³-hybridized carbons (Fsp3) is 0.714. The van der Waals surface area contributed by atoms with Crippen LogP contribution in [0.25, 0.3) is 0 Å². The summed E-state index contributed by atoms with van der Waals surface area (Å²) < 4.78 is 0. The van der Waals surface area contributed by atoms with Crippen LogP contribution < -0.4 is 5.32 Å². The molecule has 0 aromatic carbocycles. The van der Waals surface area contributed by atoms with E-state index in [4.69, 9.17) is 0 Å². The van der Waals surface area contributed by atoms with Crippen LogP contribution >= 0.6 is 0 Å². The first-order chi connectivity index (χ1) is 5.04. The summed E-state index contributed by atoms with van der Waals surface area (Å²) in [7, 11) is 0. The van der Waals surface area contributed by atoms with Crippen molar-refractivity contribution in [1.82, 2.24) is 5.32 Å². The maximum Gasteiger partial charge on any atom is 0.233 e. The van der Waals surface area contributed by atoms with Crippen LogP contribution in [-0.4, -0.2) is 28.9 Å². The Balaban J connectivity index is 2.79. The highest BCUT2D eigenvalue weighted by molar-refractivity contribution is 6.02. The van der Waals surface area contributed by atoms with Crippen molar-refractivity contribution in [2.24, 2.45) is 5.92 Å². The van der Waals surface area contributed by atoms with Crippen LogP contribution in [0.1, 0.15) is 13.8 Å². The summed E-state index contributed by atoms with van der Waals surface area (Å²) in [6.07, 6.45) is -0.861. The van der Waals surface area contributed by atoms with Gasteiger partial charge in [0.1, 0.15) is 11.7 Å². The third-order valence-corrected chi connectivity index (χ3v) is 1.94. The molecule has 3 atom stereocenters. The summed E-state index contributed by atoms with van der Waals surface area (Å²) in [5.74, 6) is -1.50. The molecule has 0 bridgehead atoms. The summed E-state index contributed by atoms with van der Waals surface area (Å²) >= 11 is 0. The lowest BCUT2D eigenvalue weighted by Crippen LogP contribution is -2.30. The van der Waals surface area contributed by atoms with Crippen LogP contribution in [0.3, 0.4) is 0 Å². The number of hydrogen-bond acceptors (Lipinski definition) is 3. The fourth-order valence-electron chi connectivity index (χ4n) is 1.27. The van der Waals surface area contributed by atoms with Crippen LogP contribution in [0.5, 0.6) is 0 Å². The van der Waals surface area contributed by atoms with Crippen molar-refractivity contribution < 1.29 is 14.7 Å². The third kappa shape index (κ3) is 1.26. The van der Waals surface area contributed by atoms with Gasteiger partial charge in [-0.3, -0.25) is 9.59 Å². The zero-order valence-electron chi connectivity index (χ0n) is 6.50. The fourth-order valence-corrected chi connectivity index (χ4v) is 1.27. The largest absolute Gasteiger partial charge is 0.390 e. The smallest absolute Gasteiger partial charge is 0.233 e. The highest BCUT2D eigenvalue weighted by Gasteiger charge is 2.41. The molecule has 1 aliphatic rings. The van der Waals surface area contributed by atoms with Crippen molar-refractivity contribution in [1.29, 1.82) is 0 Å². The van der Waals surface area contributed by atoms with E-state index in [0.29, 0.717) is 0 Å². The lowest BCUT2D eigenvalue weighted by molar-refractivity contribution is -0.132. The molecule has 0 aromatic rings. The molecule has 0 saturated carbocycles. The van der Waals surface area contributed by atoms with Gasteiger partial charge in [0.25, 0.3) is 0 Å². The van der Waals surface area contributed by atoms with Crippen LogP contribution in [0.4, 0.5) is 0 Å². The molecule has 0 aliphatic carbocycles. The molecule has 2 N–H and O–H groups in total. The molecule has 1 aliphatic heterocycles. The van der Waals surface area contributed by atoms with Gasteiger partial charge in [-0.2, -0.15) is 0 Å². The third-order valence-electron chi connectivity index (χ3n) is 1.94. The molecular weight excluding hydrogens is 146 g/mol. The maximum atomic E-state index is 10.9. The van der Waals surface area contributed by atoms with Gasteiger partial charge in [-0.05, 0) is 13.8 Å². The van der Waals surface area contributed by atoms with Crippen molar-refractivity contribution in [2.75, 3.05) is 0 Å². The highest BCUT2D eigenvalue weighted by Crippen LogP contribution is 2.16. The monoisotopic (exact) mass is 157 g/mol. The van der Waals surface area contributed by atoms with Gasteiger partial charge in [-0.25, -0.2) is 0 Å². The molecule has 1 amide bonds. The zero-order valence-corrected chi connectivity index (χ0v) is 6.50. The molecule has 0 radical (unpaired) electrons. The Labute approximate surface area is 64.6 Å². The molecule has 11 heavy (non-hydrogen) atoms. The standard InChI is InChI=1S/C7H11NO3/c1-3-6(10)5(4(2)9)7(11)8-3/h3,5-6,10H,1-2H3,(H,8,11). The SMILES string of the molecule is CC(=O)C1C(=O)NC(C)C1O. The van der Waals surface area contributed by atoms with Gasteiger partial charge >= 0.3 is 0 Å². The Morgan fingerprint density at radius 1 is 1.64 bits per heavy atom. The minimum atomic E-state index is -0.861. The molecule has 1 rings (SSSR count). The number of rotatable bonds is 1. The van der Waals surface area contributed by atoms with Crippen molar-refractivity contribution in [3.63, 3.8) is 0 Å². The van der Waals surface area contributed by atoms with Crippen LogP contribution in [-0.2, 0) is 9.59 Å². The Morgan fingerprint density at radius 3 is 2.36 bits per heavy atom. The molecule has 4 nitrogen and oxygen atoms in total. The lowest BCUT2D eigenvalue weighted by Gasteiger charge is -2.09. The minimum absolute atomic E-state index is 0.278. The Morgan fingerprint density at radius 2 is 2.18 bits per heavy atom. The number of amides is 1. The molecule has 4 heteroatoms. The zero-order chi connectivity index (χ0) is 8.59. The van der Waals surface area contributed by atoms with Crippen molar-refractivity contribution in [3.05, 3.63) is 0 Å². The predicted molar refractivity (Wildman–Crippen MR) is 37.8 cm³/mol. The van der Waals surface area contributed by atoms with E-state index < -0.39 is 12.0 Å². The second-order valence-electron chi connectivity index (χ2n) is 2.88. The summed E-state index contributed by atoms with van der Waals surface area (Å²) in [6, 6.07) is -0.309. The van der Waals surface area contributed by atoms with E-state index in [1.54, 1.807) is 6.92 Å². The highest BCUT2D eigenvalue weighted by atomic mass is 16.3. The molecule has 1 fully saturated rings. The summed E-state index contributed by atoms with van der Waals surface area (Å²) in [6.45, 7) is 2.98. The first-order valence-electron chi connectivity index (χ1n) is 3.53. The number of ketones is 1. The predicted octanol–water partition coefficient (Wildman–Crippen LogP) is -0.929. The van der Waals surface area contributed by atoms with Gasteiger partial charge in [-0.15, -0.1) is 0 Å². The minimum Gasteiger partial charge on any atom is -0.390 e. The number of Topliss-reactive ketones (excluding diaryl/α,β-unsaturated/α-hetero) is 1. The first-order valence-corrected chi connectivity index (χ1v) is 3.53. The number of aliphatic hydroxyl groups excluding tert-OH is 1. The molecule has 0 aromatic heterocycles. The first kappa shape index (κ1) is 8.20. The van der Waals surface area contributed by atoms with E-state index in [1.807, 2.05) is 0 Å². The second kappa shape index (κ2) is 2.62. The number of hydrogen-bond donors (Lipinski definition) is 2. The van der Waals surface area contributed by atoms with Gasteiger partial charge in [0.15, 0.2) is 0 Å². The van der Waals surface area contributed by atoms with E-state index in [9.17, 15) is 14.7 Å². The maximum absolute atomic E-state index is 10.9. The Hall–Kier alpha value is -0.900. The molecule has 62 valence electrons. The number of nitrogens with one attached hydrogen (secondary N) is 1. The van der Waals surface area contributed by atoms with Crippen molar-refractivity contribution >= 4 is 11.7 Å². The normalized spacial score (nSPS) is 37.0. The number of carbonyl (C=O) groups is 2. The Kier molecular flexibility index (Phi) is 1.95. The summed E-state index contributed by atoms with van der Waals surface area (Å²) in [4.78, 5) is 21.7. The quantitative estimate of drug-likeness (QED) is 0.483.